The summed E-state index contributed by atoms with van der Waals surface area (Å²) in [7, 11) is 0. The van der Waals surface area contributed by atoms with E-state index in [-0.39, 0.29) is 11.5 Å². The quantitative estimate of drug-likeness (QED) is 0.659. The molecule has 1 unspecified atom stereocenters. The Morgan fingerprint density at radius 1 is 1.31 bits per heavy atom. The molecule has 2 nitrogen and oxygen atoms in total. The topological polar surface area (TPSA) is 33.1 Å². The van der Waals surface area contributed by atoms with Crippen LogP contribution in [-0.4, -0.2) is 11.3 Å². The molecule has 0 aromatic heterocycles. The fourth-order valence-electron chi connectivity index (χ4n) is 1.14. The summed E-state index contributed by atoms with van der Waals surface area (Å²) in [6.07, 6.45) is 5.63. The molecule has 0 aromatic rings. The van der Waals surface area contributed by atoms with Gasteiger partial charge in [-0.25, -0.2) is 0 Å². The van der Waals surface area contributed by atoms with E-state index in [1.54, 1.807) is 6.08 Å². The van der Waals surface area contributed by atoms with Crippen LogP contribution in [0.4, 0.5) is 0 Å². The van der Waals surface area contributed by atoms with Crippen molar-refractivity contribution in [2.75, 3.05) is 0 Å². The molecule has 0 heterocycles. The molecule has 1 atom stereocenters. The van der Waals surface area contributed by atoms with Crippen molar-refractivity contribution in [2.24, 2.45) is 5.92 Å². The van der Waals surface area contributed by atoms with E-state index in [4.69, 9.17) is 10.1 Å². The van der Waals surface area contributed by atoms with E-state index in [2.05, 4.69) is 0 Å². The summed E-state index contributed by atoms with van der Waals surface area (Å²) in [6.45, 7) is 8.06. The lowest BCUT2D eigenvalue weighted by Gasteiger charge is -2.24. The number of nitrogens with one attached hydrogen (secondary N) is 1. The molecule has 1 aliphatic carbocycles. The molecule has 0 spiro atoms. The third-order valence-electron chi connectivity index (χ3n) is 1.76. The molecule has 0 aromatic carbocycles. The lowest BCUT2D eigenvalue weighted by molar-refractivity contribution is 0.0589. The highest BCUT2D eigenvalue weighted by molar-refractivity contribution is 5.96. The average molecular weight is 179 g/mol. The van der Waals surface area contributed by atoms with Crippen molar-refractivity contribution in [1.82, 2.24) is 0 Å². The van der Waals surface area contributed by atoms with Crippen molar-refractivity contribution in [3.8, 4) is 0 Å². The lowest BCUT2D eigenvalue weighted by atomic mass is 10.00. The largest absolute Gasteiger partial charge is 0.488 e. The van der Waals surface area contributed by atoms with Gasteiger partial charge in [-0.15, -0.1) is 0 Å². The zero-order valence-corrected chi connectivity index (χ0v) is 8.72. The maximum Gasteiger partial charge on any atom is 0.116 e. The molecule has 1 N–H and O–H groups in total. The maximum absolute atomic E-state index is 7.53. The smallest absolute Gasteiger partial charge is 0.116 e. The van der Waals surface area contributed by atoms with Crippen molar-refractivity contribution < 1.29 is 4.74 Å². The standard InChI is InChI=1S/C11H17NO/c1-8-7-9(5-6-10(8)12)13-11(2,3)4/h5-8,12H,1-4H3. The van der Waals surface area contributed by atoms with Crippen LogP contribution in [0.15, 0.2) is 24.0 Å². The van der Waals surface area contributed by atoms with Gasteiger partial charge in [0.15, 0.2) is 0 Å². The number of ether oxygens (including phenoxy) is 1. The van der Waals surface area contributed by atoms with Crippen LogP contribution in [0, 0.1) is 11.3 Å². The molecule has 1 rings (SSSR count). The van der Waals surface area contributed by atoms with Gasteiger partial charge in [0.05, 0.1) is 0 Å². The van der Waals surface area contributed by atoms with Crippen LogP contribution in [0.5, 0.6) is 0 Å². The second-order valence-corrected chi connectivity index (χ2v) is 4.36. The van der Waals surface area contributed by atoms with Crippen molar-refractivity contribution in [3.05, 3.63) is 24.0 Å². The molecule has 0 saturated heterocycles. The molecular weight excluding hydrogens is 162 g/mol. The summed E-state index contributed by atoms with van der Waals surface area (Å²) in [4.78, 5) is 0. The van der Waals surface area contributed by atoms with E-state index in [1.807, 2.05) is 39.8 Å². The minimum atomic E-state index is -0.157. The second-order valence-electron chi connectivity index (χ2n) is 4.36. The normalized spacial score (nSPS) is 22.9. The Kier molecular flexibility index (Phi) is 2.60. The van der Waals surface area contributed by atoms with Crippen LogP contribution >= 0.6 is 0 Å². The molecular formula is C11H17NO. The summed E-state index contributed by atoms with van der Waals surface area (Å²) in [6, 6.07) is 0. The zero-order valence-electron chi connectivity index (χ0n) is 8.72. The predicted octanol–water partition coefficient (Wildman–Crippen LogP) is 2.91. The Bertz CT molecular complexity index is 268. The minimum Gasteiger partial charge on any atom is -0.488 e. The van der Waals surface area contributed by atoms with Crippen LogP contribution in [0.3, 0.4) is 0 Å². The lowest BCUT2D eigenvalue weighted by Crippen LogP contribution is -2.20. The van der Waals surface area contributed by atoms with Gasteiger partial charge in [0.25, 0.3) is 0 Å². The molecule has 13 heavy (non-hydrogen) atoms. The van der Waals surface area contributed by atoms with Gasteiger partial charge in [0, 0.05) is 11.6 Å². The number of hydrogen-bond acceptors (Lipinski definition) is 2. The molecule has 1 aliphatic rings. The molecule has 0 fully saturated rings. The minimum absolute atomic E-state index is 0.157. The van der Waals surface area contributed by atoms with Crippen LogP contribution in [0.1, 0.15) is 27.7 Å². The molecule has 2 heteroatoms. The number of hydrogen-bond donors (Lipinski definition) is 1. The Balaban J connectivity index is 2.69. The average Bonchev–Trinajstić information content (AvgIpc) is 1.94. The van der Waals surface area contributed by atoms with Crippen LogP contribution in [0.2, 0.25) is 0 Å². The highest BCUT2D eigenvalue weighted by atomic mass is 16.5. The first-order valence-electron chi connectivity index (χ1n) is 4.56. The summed E-state index contributed by atoms with van der Waals surface area (Å²) in [5.41, 5.74) is 0.483. The predicted molar refractivity (Wildman–Crippen MR) is 55.0 cm³/mol. The van der Waals surface area contributed by atoms with Gasteiger partial charge in [0.1, 0.15) is 11.4 Å². The van der Waals surface area contributed by atoms with E-state index in [0.717, 1.165) is 5.76 Å². The molecule has 0 bridgehead atoms. The van der Waals surface area contributed by atoms with E-state index in [0.29, 0.717) is 5.71 Å². The Morgan fingerprint density at radius 2 is 1.92 bits per heavy atom. The fourth-order valence-corrected chi connectivity index (χ4v) is 1.14. The Labute approximate surface area is 79.8 Å². The SMILES string of the molecule is CC1C=C(OC(C)(C)C)C=CC1=N. The highest BCUT2D eigenvalue weighted by Gasteiger charge is 2.16. The number of allylic oxidation sites excluding steroid dienone is 3. The van der Waals surface area contributed by atoms with Gasteiger partial charge in [0.2, 0.25) is 0 Å². The summed E-state index contributed by atoms with van der Waals surface area (Å²) >= 11 is 0. The van der Waals surface area contributed by atoms with E-state index in [1.165, 1.54) is 0 Å². The molecule has 0 radical (unpaired) electrons. The Morgan fingerprint density at radius 3 is 2.38 bits per heavy atom. The molecule has 0 aliphatic heterocycles. The van der Waals surface area contributed by atoms with E-state index >= 15 is 0 Å². The summed E-state index contributed by atoms with van der Waals surface area (Å²) in [5, 5.41) is 7.53. The second kappa shape index (κ2) is 3.36. The van der Waals surface area contributed by atoms with Crippen LogP contribution < -0.4 is 0 Å². The molecule has 72 valence electrons. The fraction of sp³-hybridized carbons (Fsp3) is 0.545. The zero-order chi connectivity index (χ0) is 10.1. The van der Waals surface area contributed by atoms with Crippen LogP contribution in [0.25, 0.3) is 0 Å². The molecule has 0 saturated carbocycles. The first kappa shape index (κ1) is 10.0. The number of rotatable bonds is 1. The van der Waals surface area contributed by atoms with Crippen molar-refractivity contribution in [3.63, 3.8) is 0 Å². The van der Waals surface area contributed by atoms with Gasteiger partial charge in [-0.2, -0.15) is 0 Å². The Hall–Kier alpha value is -1.05. The van der Waals surface area contributed by atoms with Crippen LogP contribution in [-0.2, 0) is 4.74 Å². The first-order valence-corrected chi connectivity index (χ1v) is 4.56. The van der Waals surface area contributed by atoms with Crippen molar-refractivity contribution in [1.29, 1.82) is 5.41 Å². The molecule has 0 amide bonds. The van der Waals surface area contributed by atoms with Gasteiger partial charge >= 0.3 is 0 Å². The maximum atomic E-state index is 7.53. The van der Waals surface area contributed by atoms with Crippen molar-refractivity contribution in [2.45, 2.75) is 33.3 Å². The van der Waals surface area contributed by atoms with Gasteiger partial charge in [-0.3, -0.25) is 0 Å². The van der Waals surface area contributed by atoms with E-state index < -0.39 is 0 Å². The van der Waals surface area contributed by atoms with Gasteiger partial charge in [-0.1, -0.05) is 6.92 Å². The van der Waals surface area contributed by atoms with E-state index in [9.17, 15) is 0 Å². The summed E-state index contributed by atoms with van der Waals surface area (Å²) in [5.74, 6) is 1.04. The van der Waals surface area contributed by atoms with Gasteiger partial charge in [-0.05, 0) is 39.0 Å². The third-order valence-corrected chi connectivity index (χ3v) is 1.76. The van der Waals surface area contributed by atoms with Crippen molar-refractivity contribution >= 4 is 5.71 Å². The third kappa shape index (κ3) is 3.05. The monoisotopic (exact) mass is 179 g/mol. The summed E-state index contributed by atoms with van der Waals surface area (Å²) < 4.78 is 5.68. The highest BCUT2D eigenvalue weighted by Crippen LogP contribution is 2.20. The van der Waals surface area contributed by atoms with Gasteiger partial charge < -0.3 is 10.1 Å². The first-order chi connectivity index (χ1) is 5.88.